The minimum Gasteiger partial charge on any atom is -0.459 e. The number of carbonyl (C=O) groups is 1. The van der Waals surface area contributed by atoms with Gasteiger partial charge in [0.2, 0.25) is 0 Å². The van der Waals surface area contributed by atoms with Crippen LogP contribution < -0.4 is 5.73 Å². The minimum absolute atomic E-state index is 0.390. The first kappa shape index (κ1) is 17.7. The minimum atomic E-state index is -0.676. The van der Waals surface area contributed by atoms with Gasteiger partial charge in [0.05, 0.1) is 11.6 Å². The van der Waals surface area contributed by atoms with Gasteiger partial charge in [-0.05, 0) is 56.0 Å². The molecule has 2 rings (SSSR count). The van der Waals surface area contributed by atoms with E-state index in [2.05, 4.69) is 6.07 Å². The molecule has 1 unspecified atom stereocenters. The van der Waals surface area contributed by atoms with Gasteiger partial charge in [0.15, 0.2) is 0 Å². The van der Waals surface area contributed by atoms with E-state index in [-0.39, 0.29) is 0 Å². The Balaban J connectivity index is 2.03. The van der Waals surface area contributed by atoms with Gasteiger partial charge in [0.25, 0.3) is 0 Å². The highest BCUT2D eigenvalue weighted by atomic mass is 16.6. The molecule has 2 aromatic rings. The molecule has 4 nitrogen and oxygen atoms in total. The van der Waals surface area contributed by atoms with E-state index < -0.39 is 17.6 Å². The number of rotatable bonds is 4. The Morgan fingerprint density at radius 2 is 1.58 bits per heavy atom. The molecule has 2 aromatic carbocycles. The summed E-state index contributed by atoms with van der Waals surface area (Å²) < 4.78 is 5.30. The maximum atomic E-state index is 11.9. The fraction of sp³-hybridized carbons (Fsp3) is 0.300. The lowest BCUT2D eigenvalue weighted by Crippen LogP contribution is -2.38. The Labute approximate surface area is 142 Å². The van der Waals surface area contributed by atoms with Crippen LogP contribution in [0.25, 0.3) is 11.1 Å². The quantitative estimate of drug-likeness (QED) is 0.875. The van der Waals surface area contributed by atoms with Crippen LogP contribution in [0.1, 0.15) is 31.9 Å². The van der Waals surface area contributed by atoms with Crippen molar-refractivity contribution in [2.45, 2.75) is 38.8 Å². The summed E-state index contributed by atoms with van der Waals surface area (Å²) in [5, 5.41) is 8.84. The van der Waals surface area contributed by atoms with Crippen LogP contribution in [-0.4, -0.2) is 17.6 Å². The van der Waals surface area contributed by atoms with E-state index in [1.54, 1.807) is 12.1 Å². The topological polar surface area (TPSA) is 76.1 Å². The van der Waals surface area contributed by atoms with Crippen molar-refractivity contribution in [2.24, 2.45) is 5.73 Å². The van der Waals surface area contributed by atoms with Crippen LogP contribution in [0.3, 0.4) is 0 Å². The van der Waals surface area contributed by atoms with E-state index >= 15 is 0 Å². The van der Waals surface area contributed by atoms with E-state index in [1.165, 1.54) is 0 Å². The largest absolute Gasteiger partial charge is 0.459 e. The number of nitrogens with two attached hydrogens (primary N) is 1. The van der Waals surface area contributed by atoms with Gasteiger partial charge in [-0.15, -0.1) is 0 Å². The van der Waals surface area contributed by atoms with Crippen LogP contribution in [0.4, 0.5) is 0 Å². The van der Waals surface area contributed by atoms with Crippen LogP contribution in [0.2, 0.25) is 0 Å². The highest BCUT2D eigenvalue weighted by Crippen LogP contribution is 2.21. The molecule has 0 spiro atoms. The third kappa shape index (κ3) is 4.94. The number of hydrogen-bond donors (Lipinski definition) is 1. The molecule has 24 heavy (non-hydrogen) atoms. The zero-order valence-electron chi connectivity index (χ0n) is 14.2. The second-order valence-electron chi connectivity index (χ2n) is 6.73. The molecule has 0 aliphatic rings. The van der Waals surface area contributed by atoms with Gasteiger partial charge < -0.3 is 10.5 Å². The predicted molar refractivity (Wildman–Crippen MR) is 94.1 cm³/mol. The average Bonchev–Trinajstić information content (AvgIpc) is 2.54. The average molecular weight is 322 g/mol. The third-order valence-electron chi connectivity index (χ3n) is 3.47. The standard InChI is InChI=1S/C20H22N2O2/c1-20(2,3)24-19(23)18(22)12-14-4-8-16(9-5-14)17-10-6-15(13-21)7-11-17/h4-11,18H,12,22H2,1-3H3. The lowest BCUT2D eigenvalue weighted by Gasteiger charge is -2.22. The van der Waals surface area contributed by atoms with Gasteiger partial charge in [-0.1, -0.05) is 36.4 Å². The van der Waals surface area contributed by atoms with Crippen LogP contribution in [0.5, 0.6) is 0 Å². The van der Waals surface area contributed by atoms with Gasteiger partial charge in [-0.3, -0.25) is 4.79 Å². The third-order valence-corrected chi connectivity index (χ3v) is 3.47. The maximum absolute atomic E-state index is 11.9. The molecule has 4 heteroatoms. The first-order valence-electron chi connectivity index (χ1n) is 7.86. The van der Waals surface area contributed by atoms with E-state index in [0.717, 1.165) is 16.7 Å². The van der Waals surface area contributed by atoms with Crippen LogP contribution in [0, 0.1) is 11.3 Å². The Morgan fingerprint density at radius 1 is 1.08 bits per heavy atom. The summed E-state index contributed by atoms with van der Waals surface area (Å²) in [5.41, 5.74) is 9.10. The number of carbonyl (C=O) groups excluding carboxylic acids is 1. The zero-order chi connectivity index (χ0) is 17.7. The van der Waals surface area contributed by atoms with Crippen molar-refractivity contribution in [2.75, 3.05) is 0 Å². The first-order chi connectivity index (χ1) is 11.3. The molecule has 0 heterocycles. The van der Waals surface area contributed by atoms with E-state index in [0.29, 0.717) is 12.0 Å². The van der Waals surface area contributed by atoms with Crippen molar-refractivity contribution >= 4 is 5.97 Å². The highest BCUT2D eigenvalue weighted by Gasteiger charge is 2.22. The van der Waals surface area contributed by atoms with Gasteiger partial charge in [0, 0.05) is 0 Å². The lowest BCUT2D eigenvalue weighted by atomic mass is 10.00. The molecule has 0 fully saturated rings. The Hall–Kier alpha value is -2.64. The molecule has 1 atom stereocenters. The zero-order valence-corrected chi connectivity index (χ0v) is 14.2. The number of ether oxygens (including phenoxy) is 1. The van der Waals surface area contributed by atoms with E-state index in [4.69, 9.17) is 15.7 Å². The molecule has 0 saturated heterocycles. The van der Waals surface area contributed by atoms with Crippen molar-refractivity contribution in [1.29, 1.82) is 5.26 Å². The molecular formula is C20H22N2O2. The van der Waals surface area contributed by atoms with Gasteiger partial charge >= 0.3 is 5.97 Å². The SMILES string of the molecule is CC(C)(C)OC(=O)C(N)Cc1ccc(-c2ccc(C#N)cc2)cc1. The van der Waals surface area contributed by atoms with Gasteiger partial charge in [0.1, 0.15) is 11.6 Å². The maximum Gasteiger partial charge on any atom is 0.323 e. The Morgan fingerprint density at radius 3 is 2.04 bits per heavy atom. The molecule has 0 saturated carbocycles. The van der Waals surface area contributed by atoms with Crippen molar-refractivity contribution in [1.82, 2.24) is 0 Å². The number of nitriles is 1. The molecule has 0 aliphatic carbocycles. The second-order valence-corrected chi connectivity index (χ2v) is 6.73. The van der Waals surface area contributed by atoms with Crippen molar-refractivity contribution < 1.29 is 9.53 Å². The van der Waals surface area contributed by atoms with Gasteiger partial charge in [-0.25, -0.2) is 0 Å². The van der Waals surface area contributed by atoms with Crippen LogP contribution >= 0.6 is 0 Å². The van der Waals surface area contributed by atoms with Gasteiger partial charge in [-0.2, -0.15) is 5.26 Å². The number of hydrogen-bond acceptors (Lipinski definition) is 4. The number of benzene rings is 2. The summed E-state index contributed by atoms with van der Waals surface area (Å²) >= 11 is 0. The van der Waals surface area contributed by atoms with Crippen LogP contribution in [0.15, 0.2) is 48.5 Å². The van der Waals surface area contributed by atoms with Crippen molar-refractivity contribution in [3.8, 4) is 17.2 Å². The molecule has 0 aliphatic heterocycles. The summed E-state index contributed by atoms with van der Waals surface area (Å²) in [6.07, 6.45) is 0.433. The Kier molecular flexibility index (Phi) is 5.38. The van der Waals surface area contributed by atoms with Crippen molar-refractivity contribution in [3.05, 3.63) is 59.7 Å². The molecular weight excluding hydrogens is 300 g/mol. The van der Waals surface area contributed by atoms with Crippen molar-refractivity contribution in [3.63, 3.8) is 0 Å². The number of nitrogens with zero attached hydrogens (tertiary/aromatic N) is 1. The molecule has 2 N–H and O–H groups in total. The number of esters is 1. The van der Waals surface area contributed by atoms with Crippen LogP contribution in [-0.2, 0) is 16.0 Å². The molecule has 0 aromatic heterocycles. The fourth-order valence-electron chi connectivity index (χ4n) is 2.29. The first-order valence-corrected chi connectivity index (χ1v) is 7.86. The normalized spacial score (nSPS) is 12.3. The summed E-state index contributed by atoms with van der Waals surface area (Å²) in [6, 6.07) is 16.7. The summed E-state index contributed by atoms with van der Waals surface area (Å²) in [4.78, 5) is 11.9. The monoisotopic (exact) mass is 322 g/mol. The summed E-state index contributed by atoms with van der Waals surface area (Å²) in [7, 11) is 0. The molecule has 124 valence electrons. The van der Waals surface area contributed by atoms with E-state index in [1.807, 2.05) is 57.2 Å². The smallest absolute Gasteiger partial charge is 0.323 e. The second kappa shape index (κ2) is 7.29. The molecule has 0 bridgehead atoms. The summed E-state index contributed by atoms with van der Waals surface area (Å²) in [5.74, 6) is -0.390. The molecule has 0 amide bonds. The fourth-order valence-corrected chi connectivity index (χ4v) is 2.29. The highest BCUT2D eigenvalue weighted by molar-refractivity contribution is 5.76. The summed E-state index contributed by atoms with van der Waals surface area (Å²) in [6.45, 7) is 5.47. The molecule has 0 radical (unpaired) electrons. The Bertz CT molecular complexity index is 735. The lowest BCUT2D eigenvalue weighted by molar-refractivity contribution is -0.156. The predicted octanol–water partition coefficient (Wildman–Crippen LogP) is 3.44. The van der Waals surface area contributed by atoms with E-state index in [9.17, 15) is 4.79 Å².